The molecule has 7 heteroatoms. The number of hydrogen-bond acceptors (Lipinski definition) is 6. The van der Waals surface area contributed by atoms with E-state index in [4.69, 9.17) is 5.26 Å². The monoisotopic (exact) mass is 355 g/mol. The van der Waals surface area contributed by atoms with Crippen LogP contribution < -0.4 is 10.2 Å². The molecule has 0 fully saturated rings. The second-order valence-corrected chi connectivity index (χ2v) is 6.35. The molecule has 130 valence electrons. The highest BCUT2D eigenvalue weighted by molar-refractivity contribution is 8.00. The molecule has 2 aromatic rings. The standard InChI is InChI=1S/C18H21N5OS/c1-2-10-23(11-6-9-19)18-16(12-20-14-21-18)22-17(24)13-25-15-7-4-3-5-8-15/h3-5,7-8,12,14H,2,6,10-11,13H2,1H3,(H,22,24). The molecule has 1 aromatic heterocycles. The van der Waals surface area contributed by atoms with E-state index in [-0.39, 0.29) is 5.91 Å². The molecule has 0 aliphatic heterocycles. The number of amides is 1. The minimum Gasteiger partial charge on any atom is -0.354 e. The summed E-state index contributed by atoms with van der Waals surface area (Å²) < 4.78 is 0. The van der Waals surface area contributed by atoms with Crippen molar-refractivity contribution < 1.29 is 4.79 Å². The van der Waals surface area contributed by atoms with Crippen LogP contribution in [0.4, 0.5) is 11.5 Å². The van der Waals surface area contributed by atoms with Crippen LogP contribution in [0.2, 0.25) is 0 Å². The van der Waals surface area contributed by atoms with Crippen molar-refractivity contribution in [2.24, 2.45) is 0 Å². The van der Waals surface area contributed by atoms with Crippen molar-refractivity contribution in [3.63, 3.8) is 0 Å². The Bertz CT molecular complexity index is 717. The van der Waals surface area contributed by atoms with E-state index in [1.54, 1.807) is 6.20 Å². The van der Waals surface area contributed by atoms with Gasteiger partial charge in [0.05, 0.1) is 24.4 Å². The van der Waals surface area contributed by atoms with Crippen molar-refractivity contribution in [2.75, 3.05) is 29.1 Å². The molecule has 0 saturated carbocycles. The van der Waals surface area contributed by atoms with E-state index < -0.39 is 0 Å². The fraction of sp³-hybridized carbons (Fsp3) is 0.333. The lowest BCUT2D eigenvalue weighted by Gasteiger charge is -2.24. The molecular formula is C18H21N5OS. The molecule has 1 N–H and O–H groups in total. The Kier molecular flexibility index (Phi) is 7.73. The Morgan fingerprint density at radius 2 is 2.12 bits per heavy atom. The molecular weight excluding hydrogens is 334 g/mol. The topological polar surface area (TPSA) is 81.9 Å². The summed E-state index contributed by atoms with van der Waals surface area (Å²) in [5.41, 5.74) is 0.576. The van der Waals surface area contributed by atoms with E-state index in [9.17, 15) is 4.79 Å². The number of hydrogen-bond donors (Lipinski definition) is 1. The van der Waals surface area contributed by atoms with Gasteiger partial charge in [-0.3, -0.25) is 4.79 Å². The van der Waals surface area contributed by atoms with Gasteiger partial charge in [0.15, 0.2) is 5.82 Å². The van der Waals surface area contributed by atoms with E-state index in [2.05, 4.69) is 28.3 Å². The lowest BCUT2D eigenvalue weighted by molar-refractivity contribution is -0.113. The first-order valence-corrected chi connectivity index (χ1v) is 9.12. The number of nitrogens with one attached hydrogen (secondary N) is 1. The van der Waals surface area contributed by atoms with Gasteiger partial charge in [0.1, 0.15) is 12.0 Å². The first-order valence-electron chi connectivity index (χ1n) is 8.14. The Labute approximate surface area is 152 Å². The summed E-state index contributed by atoms with van der Waals surface area (Å²) in [6, 6.07) is 11.9. The zero-order chi connectivity index (χ0) is 17.9. The highest BCUT2D eigenvalue weighted by Gasteiger charge is 2.14. The first kappa shape index (κ1) is 18.7. The third-order valence-electron chi connectivity index (χ3n) is 3.37. The normalized spacial score (nSPS) is 10.1. The van der Waals surface area contributed by atoms with Gasteiger partial charge < -0.3 is 10.2 Å². The van der Waals surface area contributed by atoms with Crippen LogP contribution in [0.3, 0.4) is 0 Å². The van der Waals surface area contributed by atoms with E-state index in [1.807, 2.05) is 35.2 Å². The number of benzene rings is 1. The zero-order valence-corrected chi connectivity index (χ0v) is 15.0. The smallest absolute Gasteiger partial charge is 0.234 e. The number of nitriles is 1. The van der Waals surface area contributed by atoms with Crippen molar-refractivity contribution in [1.82, 2.24) is 9.97 Å². The molecule has 0 aliphatic carbocycles. The van der Waals surface area contributed by atoms with E-state index in [1.165, 1.54) is 18.1 Å². The van der Waals surface area contributed by atoms with Gasteiger partial charge in [-0.1, -0.05) is 25.1 Å². The second kappa shape index (κ2) is 10.3. The van der Waals surface area contributed by atoms with Gasteiger partial charge in [-0.15, -0.1) is 11.8 Å². The molecule has 0 radical (unpaired) electrons. The third-order valence-corrected chi connectivity index (χ3v) is 4.38. The summed E-state index contributed by atoms with van der Waals surface area (Å²) >= 11 is 1.48. The van der Waals surface area contributed by atoms with Gasteiger partial charge in [-0.2, -0.15) is 5.26 Å². The lowest BCUT2D eigenvalue weighted by Crippen LogP contribution is -2.28. The third kappa shape index (κ3) is 6.08. The summed E-state index contributed by atoms with van der Waals surface area (Å²) in [6.45, 7) is 3.40. The molecule has 0 spiro atoms. The highest BCUT2D eigenvalue weighted by Crippen LogP contribution is 2.23. The van der Waals surface area contributed by atoms with Crippen molar-refractivity contribution in [3.05, 3.63) is 42.9 Å². The predicted octanol–water partition coefficient (Wildman–Crippen LogP) is 3.34. The molecule has 25 heavy (non-hydrogen) atoms. The van der Waals surface area contributed by atoms with E-state index >= 15 is 0 Å². The minimum atomic E-state index is -0.110. The highest BCUT2D eigenvalue weighted by atomic mass is 32.2. The van der Waals surface area contributed by atoms with Gasteiger partial charge in [0.2, 0.25) is 5.91 Å². The molecule has 1 heterocycles. The largest absolute Gasteiger partial charge is 0.354 e. The fourth-order valence-corrected chi connectivity index (χ4v) is 3.01. The summed E-state index contributed by atoms with van der Waals surface area (Å²) in [7, 11) is 0. The molecule has 6 nitrogen and oxygen atoms in total. The van der Waals surface area contributed by atoms with Crippen LogP contribution in [0.25, 0.3) is 0 Å². The molecule has 1 amide bonds. The number of aromatic nitrogens is 2. The number of carbonyl (C=O) groups is 1. The van der Waals surface area contributed by atoms with Crippen LogP contribution in [-0.4, -0.2) is 34.7 Å². The Morgan fingerprint density at radius 3 is 2.84 bits per heavy atom. The summed E-state index contributed by atoms with van der Waals surface area (Å²) in [6.07, 6.45) is 4.38. The summed E-state index contributed by atoms with van der Waals surface area (Å²) in [5.74, 6) is 0.858. The molecule has 1 aromatic carbocycles. The summed E-state index contributed by atoms with van der Waals surface area (Å²) in [5, 5.41) is 11.7. The molecule has 0 bridgehead atoms. The average molecular weight is 355 g/mol. The average Bonchev–Trinajstić information content (AvgIpc) is 2.65. The Balaban J connectivity index is 2.03. The molecule has 2 rings (SSSR count). The van der Waals surface area contributed by atoms with Crippen LogP contribution in [0.5, 0.6) is 0 Å². The van der Waals surface area contributed by atoms with Crippen LogP contribution in [0.1, 0.15) is 19.8 Å². The predicted molar refractivity (Wildman–Crippen MR) is 101 cm³/mol. The maximum Gasteiger partial charge on any atom is 0.234 e. The van der Waals surface area contributed by atoms with E-state index in [0.29, 0.717) is 30.2 Å². The fourth-order valence-electron chi connectivity index (χ4n) is 2.29. The van der Waals surface area contributed by atoms with Gasteiger partial charge in [-0.25, -0.2) is 9.97 Å². The molecule has 0 saturated heterocycles. The molecule has 0 aliphatic rings. The van der Waals surface area contributed by atoms with Crippen molar-refractivity contribution in [2.45, 2.75) is 24.7 Å². The minimum absolute atomic E-state index is 0.110. The zero-order valence-electron chi connectivity index (χ0n) is 14.2. The first-order chi connectivity index (χ1) is 12.2. The van der Waals surface area contributed by atoms with Gasteiger partial charge in [0.25, 0.3) is 0 Å². The SMILES string of the molecule is CCCN(CCC#N)c1ncncc1NC(=O)CSc1ccccc1. The quantitative estimate of drug-likeness (QED) is 0.695. The van der Waals surface area contributed by atoms with Gasteiger partial charge in [-0.05, 0) is 18.6 Å². The van der Waals surface area contributed by atoms with Crippen LogP contribution in [0, 0.1) is 11.3 Å². The maximum atomic E-state index is 12.3. The number of thioether (sulfide) groups is 1. The van der Waals surface area contributed by atoms with Gasteiger partial charge in [0, 0.05) is 18.0 Å². The number of rotatable bonds is 9. The van der Waals surface area contributed by atoms with Crippen LogP contribution in [-0.2, 0) is 4.79 Å². The second-order valence-electron chi connectivity index (χ2n) is 5.31. The Morgan fingerprint density at radius 1 is 1.32 bits per heavy atom. The van der Waals surface area contributed by atoms with Crippen molar-refractivity contribution in [3.8, 4) is 6.07 Å². The molecule has 0 unspecified atom stereocenters. The molecule has 0 atom stereocenters. The van der Waals surface area contributed by atoms with E-state index in [0.717, 1.165) is 17.9 Å². The lowest BCUT2D eigenvalue weighted by atomic mass is 10.3. The van der Waals surface area contributed by atoms with Gasteiger partial charge >= 0.3 is 0 Å². The van der Waals surface area contributed by atoms with Crippen LogP contribution in [0.15, 0.2) is 47.8 Å². The maximum absolute atomic E-state index is 12.3. The number of anilines is 2. The van der Waals surface area contributed by atoms with Crippen molar-refractivity contribution in [1.29, 1.82) is 5.26 Å². The number of carbonyl (C=O) groups excluding carboxylic acids is 1. The number of nitrogens with zero attached hydrogens (tertiary/aromatic N) is 4. The van der Waals surface area contributed by atoms with Crippen molar-refractivity contribution >= 4 is 29.2 Å². The summed E-state index contributed by atoms with van der Waals surface area (Å²) in [4.78, 5) is 23.6. The van der Waals surface area contributed by atoms with Crippen LogP contribution >= 0.6 is 11.8 Å². The Hall–Kier alpha value is -2.59.